The summed E-state index contributed by atoms with van der Waals surface area (Å²) in [5.41, 5.74) is 0. The third-order valence-corrected chi connectivity index (χ3v) is 6.61. The predicted molar refractivity (Wildman–Crippen MR) is 110 cm³/mol. The Bertz CT molecular complexity index is 637. The molecule has 0 aliphatic rings. The van der Waals surface area contributed by atoms with Crippen LogP contribution in [0.5, 0.6) is 0 Å². The number of unbranched alkanes of at least 4 members (excludes halogenated alkanes) is 3. The Morgan fingerprint density at radius 1 is 1.07 bits per heavy atom. The molecule has 1 atom stereocenters. The van der Waals surface area contributed by atoms with Crippen LogP contribution < -0.4 is 0 Å². The largest absolute Gasteiger partial charge is 0.481 e. The van der Waals surface area contributed by atoms with Crippen molar-refractivity contribution >= 4 is 27.8 Å². The normalized spacial score (nSPS) is 13.0. The molecule has 2 N–H and O–H groups in total. The lowest BCUT2D eigenvalue weighted by molar-refractivity contribution is -0.137. The molecule has 0 fully saturated rings. The number of nitrogens with zero attached hydrogens (tertiary/aromatic N) is 1. The van der Waals surface area contributed by atoms with Crippen LogP contribution in [-0.2, 0) is 14.8 Å². The lowest BCUT2D eigenvalue weighted by atomic mass is 10.1. The van der Waals surface area contributed by atoms with Crippen molar-refractivity contribution in [1.29, 1.82) is 0 Å². The number of carboxylic acid groups (broad SMARTS) is 1. The van der Waals surface area contributed by atoms with Crippen molar-refractivity contribution < 1.29 is 23.4 Å². The van der Waals surface area contributed by atoms with Gasteiger partial charge in [0.25, 0.3) is 0 Å². The summed E-state index contributed by atoms with van der Waals surface area (Å²) in [5, 5.41) is 18.7. The van der Waals surface area contributed by atoms with Gasteiger partial charge in [-0.25, -0.2) is 12.7 Å². The van der Waals surface area contributed by atoms with Crippen LogP contribution in [0.4, 0.5) is 0 Å². The van der Waals surface area contributed by atoms with Crippen LogP contribution in [0.15, 0.2) is 35.2 Å². The van der Waals surface area contributed by atoms with Gasteiger partial charge in [-0.2, -0.15) is 0 Å². The molecule has 1 unspecified atom stereocenters. The molecule has 0 spiro atoms. The van der Waals surface area contributed by atoms with Crippen LogP contribution in [0.1, 0.15) is 44.9 Å². The number of thioether (sulfide) groups is 1. The maximum Gasteiger partial charge on any atom is 0.303 e. The fourth-order valence-electron chi connectivity index (χ4n) is 2.66. The standard InChI is InChI=1S/C19H31NO5S2/c1-27(24,25)20(14-8-3-2-7-13-19(22)23)15-9-10-17(21)16-26-18-11-5-4-6-12-18/h4-6,11-12,17,21H,2-3,7-10,13-16H2,1H3,(H,22,23). The highest BCUT2D eigenvalue weighted by molar-refractivity contribution is 7.99. The molecule has 0 saturated carbocycles. The molecule has 6 nitrogen and oxygen atoms in total. The fraction of sp³-hybridized carbons (Fsp3) is 0.632. The van der Waals surface area contributed by atoms with Crippen molar-refractivity contribution in [2.75, 3.05) is 25.1 Å². The van der Waals surface area contributed by atoms with Crippen molar-refractivity contribution in [1.82, 2.24) is 4.31 Å². The number of aliphatic carboxylic acids is 1. The van der Waals surface area contributed by atoms with Gasteiger partial charge < -0.3 is 10.2 Å². The van der Waals surface area contributed by atoms with Gasteiger partial charge in [0.1, 0.15) is 0 Å². The Morgan fingerprint density at radius 2 is 1.70 bits per heavy atom. The maximum atomic E-state index is 11.9. The van der Waals surface area contributed by atoms with Crippen LogP contribution in [-0.4, -0.2) is 60.1 Å². The second kappa shape index (κ2) is 13.1. The van der Waals surface area contributed by atoms with Gasteiger partial charge in [0.05, 0.1) is 12.4 Å². The Kier molecular flexibility index (Phi) is 11.7. The summed E-state index contributed by atoms with van der Waals surface area (Å²) in [6, 6.07) is 9.87. The fourth-order valence-corrected chi connectivity index (χ4v) is 4.48. The lowest BCUT2D eigenvalue weighted by Crippen LogP contribution is -2.32. The molecule has 0 aromatic heterocycles. The van der Waals surface area contributed by atoms with E-state index in [1.54, 1.807) is 11.8 Å². The van der Waals surface area contributed by atoms with Crippen LogP contribution in [0, 0.1) is 0 Å². The SMILES string of the molecule is CS(=O)(=O)N(CCCCCCC(=O)O)CCCC(O)CSc1ccccc1. The minimum atomic E-state index is -3.27. The number of carbonyl (C=O) groups is 1. The zero-order valence-electron chi connectivity index (χ0n) is 15.9. The first-order chi connectivity index (χ1) is 12.8. The maximum absolute atomic E-state index is 11.9. The highest BCUT2D eigenvalue weighted by atomic mass is 32.2. The minimum absolute atomic E-state index is 0.161. The van der Waals surface area contributed by atoms with E-state index in [4.69, 9.17) is 5.11 Å². The average Bonchev–Trinajstić information content (AvgIpc) is 2.61. The molecule has 0 radical (unpaired) electrons. The topological polar surface area (TPSA) is 94.9 Å². The van der Waals surface area contributed by atoms with E-state index in [0.29, 0.717) is 38.1 Å². The molecule has 0 heterocycles. The van der Waals surface area contributed by atoms with Crippen LogP contribution in [0.3, 0.4) is 0 Å². The Morgan fingerprint density at radius 3 is 2.33 bits per heavy atom. The lowest BCUT2D eigenvalue weighted by Gasteiger charge is -2.20. The Labute approximate surface area is 167 Å². The van der Waals surface area contributed by atoms with E-state index in [9.17, 15) is 18.3 Å². The van der Waals surface area contributed by atoms with Gasteiger partial charge in [0.15, 0.2) is 0 Å². The molecular formula is C19H31NO5S2. The van der Waals surface area contributed by atoms with E-state index in [1.165, 1.54) is 10.6 Å². The number of rotatable bonds is 15. The van der Waals surface area contributed by atoms with E-state index in [1.807, 2.05) is 30.3 Å². The van der Waals surface area contributed by atoms with Crippen molar-refractivity contribution in [3.8, 4) is 0 Å². The zero-order chi connectivity index (χ0) is 20.1. The molecule has 154 valence electrons. The zero-order valence-corrected chi connectivity index (χ0v) is 17.6. The smallest absolute Gasteiger partial charge is 0.303 e. The second-order valence-electron chi connectivity index (χ2n) is 6.64. The van der Waals surface area contributed by atoms with Gasteiger partial charge in [-0.3, -0.25) is 4.79 Å². The molecule has 0 aliphatic heterocycles. The molecule has 27 heavy (non-hydrogen) atoms. The van der Waals surface area contributed by atoms with Crippen LogP contribution in [0.2, 0.25) is 0 Å². The van der Waals surface area contributed by atoms with Crippen LogP contribution in [0.25, 0.3) is 0 Å². The van der Waals surface area contributed by atoms with Crippen molar-refractivity contribution in [2.45, 2.75) is 55.9 Å². The van der Waals surface area contributed by atoms with E-state index >= 15 is 0 Å². The number of aliphatic hydroxyl groups is 1. The highest BCUT2D eigenvalue weighted by Crippen LogP contribution is 2.19. The number of carboxylic acids is 1. The summed E-state index contributed by atoms with van der Waals surface area (Å²) in [4.78, 5) is 11.6. The molecule has 1 aromatic rings. The van der Waals surface area contributed by atoms with Gasteiger partial charge in [-0.05, 0) is 37.8 Å². The van der Waals surface area contributed by atoms with E-state index in [0.717, 1.165) is 24.2 Å². The quantitative estimate of drug-likeness (QED) is 0.336. The van der Waals surface area contributed by atoms with Crippen molar-refractivity contribution in [3.63, 3.8) is 0 Å². The van der Waals surface area contributed by atoms with Gasteiger partial charge >= 0.3 is 5.97 Å². The third-order valence-electron chi connectivity index (χ3n) is 4.15. The summed E-state index contributed by atoms with van der Waals surface area (Å²) in [5.74, 6) is -0.205. The summed E-state index contributed by atoms with van der Waals surface area (Å²) in [6.07, 6.45) is 5.03. The second-order valence-corrected chi connectivity index (χ2v) is 9.72. The van der Waals surface area contributed by atoms with E-state index < -0.39 is 22.1 Å². The average molecular weight is 418 g/mol. The number of aliphatic hydroxyl groups excluding tert-OH is 1. The highest BCUT2D eigenvalue weighted by Gasteiger charge is 2.16. The first kappa shape index (κ1) is 23.9. The van der Waals surface area contributed by atoms with E-state index in [-0.39, 0.29) is 6.42 Å². The Balaban J connectivity index is 2.24. The molecule has 1 aromatic carbocycles. The molecule has 0 bridgehead atoms. The molecule has 8 heteroatoms. The summed E-state index contributed by atoms with van der Waals surface area (Å²) < 4.78 is 25.3. The monoisotopic (exact) mass is 417 g/mol. The predicted octanol–water partition coefficient (Wildman–Crippen LogP) is 3.22. The number of hydrogen-bond donors (Lipinski definition) is 2. The van der Waals surface area contributed by atoms with Gasteiger partial charge in [0, 0.05) is 30.2 Å². The number of hydrogen-bond acceptors (Lipinski definition) is 5. The van der Waals surface area contributed by atoms with Crippen molar-refractivity contribution in [2.24, 2.45) is 0 Å². The number of sulfonamides is 1. The van der Waals surface area contributed by atoms with E-state index in [2.05, 4.69) is 0 Å². The first-order valence-electron chi connectivity index (χ1n) is 9.32. The van der Waals surface area contributed by atoms with Crippen LogP contribution >= 0.6 is 11.8 Å². The minimum Gasteiger partial charge on any atom is -0.481 e. The summed E-state index contributed by atoms with van der Waals surface area (Å²) in [6.45, 7) is 0.849. The van der Waals surface area contributed by atoms with Crippen molar-refractivity contribution in [3.05, 3.63) is 30.3 Å². The molecule has 0 saturated heterocycles. The third kappa shape index (κ3) is 12.1. The molecule has 0 aliphatic carbocycles. The molecule has 0 amide bonds. The Hall–Kier alpha value is -1.09. The van der Waals surface area contributed by atoms with Gasteiger partial charge in [0.2, 0.25) is 10.0 Å². The summed E-state index contributed by atoms with van der Waals surface area (Å²) in [7, 11) is -3.27. The first-order valence-corrected chi connectivity index (χ1v) is 12.1. The van der Waals surface area contributed by atoms with Gasteiger partial charge in [-0.1, -0.05) is 31.0 Å². The summed E-state index contributed by atoms with van der Waals surface area (Å²) >= 11 is 1.59. The van der Waals surface area contributed by atoms with Gasteiger partial charge in [-0.15, -0.1) is 11.8 Å². The molecular weight excluding hydrogens is 386 g/mol. The molecule has 1 rings (SSSR count). The number of benzene rings is 1.